The molecule has 2 aromatic carbocycles. The van der Waals surface area contributed by atoms with E-state index in [-0.39, 0.29) is 5.91 Å². The van der Waals surface area contributed by atoms with Gasteiger partial charge in [-0.05, 0) is 57.4 Å². The van der Waals surface area contributed by atoms with Crippen LogP contribution in [0, 0.1) is 0 Å². The normalized spacial score (nSPS) is 18.4. The van der Waals surface area contributed by atoms with Crippen molar-refractivity contribution in [2.24, 2.45) is 0 Å². The van der Waals surface area contributed by atoms with Crippen molar-refractivity contribution in [3.8, 4) is 11.5 Å². The number of piperazine rings is 1. The van der Waals surface area contributed by atoms with Crippen molar-refractivity contribution in [2.45, 2.75) is 45.7 Å². The van der Waals surface area contributed by atoms with E-state index in [1.165, 1.54) is 6.42 Å². The SMILES string of the molecule is CC(C)N1CCN(Cc2ccc(C(=O)N3CCCCC3)cc2Oc2ccccc2)CC1. The number of hydrogen-bond acceptors (Lipinski definition) is 4. The minimum absolute atomic E-state index is 0.120. The lowest BCUT2D eigenvalue weighted by molar-refractivity contribution is 0.0724. The second-order valence-corrected chi connectivity index (χ2v) is 9.00. The highest BCUT2D eigenvalue weighted by molar-refractivity contribution is 5.94. The van der Waals surface area contributed by atoms with Crippen LogP contribution in [0.25, 0.3) is 0 Å². The molecule has 2 aliphatic rings. The van der Waals surface area contributed by atoms with Gasteiger partial charge in [0.1, 0.15) is 11.5 Å². The minimum Gasteiger partial charge on any atom is -0.457 e. The number of hydrogen-bond donors (Lipinski definition) is 0. The lowest BCUT2D eigenvalue weighted by Gasteiger charge is -2.37. The van der Waals surface area contributed by atoms with Crippen LogP contribution >= 0.6 is 0 Å². The Labute approximate surface area is 186 Å². The maximum Gasteiger partial charge on any atom is 0.253 e. The lowest BCUT2D eigenvalue weighted by atomic mass is 10.1. The second-order valence-electron chi connectivity index (χ2n) is 9.00. The molecule has 0 unspecified atom stereocenters. The second kappa shape index (κ2) is 10.3. The largest absolute Gasteiger partial charge is 0.457 e. The van der Waals surface area contributed by atoms with Gasteiger partial charge in [-0.2, -0.15) is 0 Å². The van der Waals surface area contributed by atoms with Gasteiger partial charge < -0.3 is 9.64 Å². The minimum atomic E-state index is 0.120. The van der Waals surface area contributed by atoms with E-state index >= 15 is 0 Å². The van der Waals surface area contributed by atoms with Gasteiger partial charge in [0.25, 0.3) is 5.91 Å². The summed E-state index contributed by atoms with van der Waals surface area (Å²) in [6, 6.07) is 16.5. The number of piperidine rings is 1. The van der Waals surface area contributed by atoms with E-state index in [4.69, 9.17) is 4.74 Å². The molecule has 0 N–H and O–H groups in total. The summed E-state index contributed by atoms with van der Waals surface area (Å²) in [5, 5.41) is 0. The first-order valence-electron chi connectivity index (χ1n) is 11.7. The van der Waals surface area contributed by atoms with Gasteiger partial charge in [0, 0.05) is 63.0 Å². The Hall–Kier alpha value is -2.37. The number of carbonyl (C=O) groups is 1. The highest BCUT2D eigenvalue weighted by atomic mass is 16.5. The first-order chi connectivity index (χ1) is 15.1. The average molecular weight is 422 g/mol. The zero-order chi connectivity index (χ0) is 21.6. The van der Waals surface area contributed by atoms with E-state index in [0.717, 1.165) is 81.3 Å². The standard InChI is InChI=1S/C26H35N3O2/c1-21(2)28-17-15-27(16-18-28)20-23-12-11-22(26(30)29-13-7-4-8-14-29)19-25(23)31-24-9-5-3-6-10-24/h3,5-6,9-12,19,21H,4,7-8,13-18,20H2,1-2H3. The fourth-order valence-corrected chi connectivity index (χ4v) is 4.49. The number of nitrogens with zero attached hydrogens (tertiary/aromatic N) is 3. The monoisotopic (exact) mass is 421 g/mol. The first-order valence-corrected chi connectivity index (χ1v) is 11.7. The van der Waals surface area contributed by atoms with Crippen LogP contribution in [0.1, 0.15) is 49.0 Å². The fraction of sp³-hybridized carbons (Fsp3) is 0.500. The summed E-state index contributed by atoms with van der Waals surface area (Å²) in [7, 11) is 0. The molecule has 0 bridgehead atoms. The van der Waals surface area contributed by atoms with Crippen molar-refractivity contribution in [3.63, 3.8) is 0 Å². The van der Waals surface area contributed by atoms with Crippen molar-refractivity contribution in [3.05, 3.63) is 59.7 Å². The summed E-state index contributed by atoms with van der Waals surface area (Å²) in [5.74, 6) is 1.71. The van der Waals surface area contributed by atoms with E-state index in [2.05, 4.69) is 29.7 Å². The number of benzene rings is 2. The molecule has 2 fully saturated rings. The van der Waals surface area contributed by atoms with Gasteiger partial charge in [0.2, 0.25) is 0 Å². The fourth-order valence-electron chi connectivity index (χ4n) is 4.49. The van der Waals surface area contributed by atoms with Crippen LogP contribution in [0.3, 0.4) is 0 Å². The molecule has 0 atom stereocenters. The van der Waals surface area contributed by atoms with E-state index in [1.54, 1.807) is 0 Å². The smallest absolute Gasteiger partial charge is 0.253 e. The van der Waals surface area contributed by atoms with Crippen LogP contribution in [0.4, 0.5) is 0 Å². The van der Waals surface area contributed by atoms with Crippen molar-refractivity contribution in [2.75, 3.05) is 39.3 Å². The zero-order valence-corrected chi connectivity index (χ0v) is 18.9. The lowest BCUT2D eigenvalue weighted by Crippen LogP contribution is -2.48. The Morgan fingerprint density at radius 3 is 2.29 bits per heavy atom. The molecular weight excluding hydrogens is 386 g/mol. The molecule has 0 aromatic heterocycles. The molecule has 2 saturated heterocycles. The number of likely N-dealkylation sites (tertiary alicyclic amines) is 1. The molecule has 2 heterocycles. The van der Waals surface area contributed by atoms with Gasteiger partial charge in [-0.3, -0.25) is 14.6 Å². The molecule has 4 rings (SSSR count). The maximum absolute atomic E-state index is 13.1. The Morgan fingerprint density at radius 1 is 0.903 bits per heavy atom. The molecule has 0 aliphatic carbocycles. The van der Waals surface area contributed by atoms with Gasteiger partial charge in [0.05, 0.1) is 0 Å². The van der Waals surface area contributed by atoms with Gasteiger partial charge in [-0.15, -0.1) is 0 Å². The van der Waals surface area contributed by atoms with Crippen LogP contribution in [-0.2, 0) is 6.54 Å². The van der Waals surface area contributed by atoms with Crippen molar-refractivity contribution < 1.29 is 9.53 Å². The predicted molar refractivity (Wildman–Crippen MR) is 125 cm³/mol. The Kier molecular flexibility index (Phi) is 7.25. The number of para-hydroxylation sites is 1. The summed E-state index contributed by atoms with van der Waals surface area (Å²) in [5.41, 5.74) is 1.86. The third kappa shape index (κ3) is 5.66. The quantitative estimate of drug-likeness (QED) is 0.681. The summed E-state index contributed by atoms with van der Waals surface area (Å²) in [4.78, 5) is 20.1. The molecule has 0 saturated carbocycles. The first kappa shape index (κ1) is 21.8. The molecule has 5 nitrogen and oxygen atoms in total. The maximum atomic E-state index is 13.1. The van der Waals surface area contributed by atoms with Crippen molar-refractivity contribution >= 4 is 5.91 Å². The predicted octanol–water partition coefficient (Wildman–Crippen LogP) is 4.63. The average Bonchev–Trinajstić information content (AvgIpc) is 2.81. The zero-order valence-electron chi connectivity index (χ0n) is 18.9. The Morgan fingerprint density at radius 2 is 1.61 bits per heavy atom. The summed E-state index contributed by atoms with van der Waals surface area (Å²) >= 11 is 0. The number of ether oxygens (including phenoxy) is 1. The van der Waals surface area contributed by atoms with Gasteiger partial charge in [0.15, 0.2) is 0 Å². The van der Waals surface area contributed by atoms with Gasteiger partial charge in [-0.25, -0.2) is 0 Å². The Balaban J connectivity index is 1.53. The molecule has 0 radical (unpaired) electrons. The van der Waals surface area contributed by atoms with E-state index < -0.39 is 0 Å². The summed E-state index contributed by atoms with van der Waals surface area (Å²) < 4.78 is 6.28. The molecule has 2 aromatic rings. The van der Waals surface area contributed by atoms with Crippen molar-refractivity contribution in [1.82, 2.24) is 14.7 Å². The highest BCUT2D eigenvalue weighted by Crippen LogP contribution is 2.29. The molecular formula is C26H35N3O2. The molecule has 2 aliphatic heterocycles. The van der Waals surface area contributed by atoms with Crippen LogP contribution in [0.2, 0.25) is 0 Å². The summed E-state index contributed by atoms with van der Waals surface area (Å²) in [6.45, 7) is 11.4. The molecule has 166 valence electrons. The van der Waals surface area contributed by atoms with Crippen LogP contribution in [0.5, 0.6) is 11.5 Å². The van der Waals surface area contributed by atoms with Gasteiger partial charge >= 0.3 is 0 Å². The third-order valence-electron chi connectivity index (χ3n) is 6.46. The van der Waals surface area contributed by atoms with E-state index in [0.29, 0.717) is 6.04 Å². The van der Waals surface area contributed by atoms with Gasteiger partial charge in [-0.1, -0.05) is 24.3 Å². The summed E-state index contributed by atoms with van der Waals surface area (Å²) in [6.07, 6.45) is 3.41. The van der Waals surface area contributed by atoms with E-state index in [1.807, 2.05) is 47.4 Å². The molecule has 31 heavy (non-hydrogen) atoms. The molecule has 0 spiro atoms. The van der Waals surface area contributed by atoms with Crippen LogP contribution in [0.15, 0.2) is 48.5 Å². The van der Waals surface area contributed by atoms with Crippen molar-refractivity contribution in [1.29, 1.82) is 0 Å². The third-order valence-corrected chi connectivity index (χ3v) is 6.46. The molecule has 1 amide bonds. The molecule has 5 heteroatoms. The number of carbonyl (C=O) groups excluding carboxylic acids is 1. The number of rotatable bonds is 6. The topological polar surface area (TPSA) is 36.0 Å². The van der Waals surface area contributed by atoms with Crippen LogP contribution < -0.4 is 4.74 Å². The van der Waals surface area contributed by atoms with Crippen LogP contribution in [-0.4, -0.2) is 65.9 Å². The number of amides is 1. The Bertz CT molecular complexity index is 854. The highest BCUT2D eigenvalue weighted by Gasteiger charge is 2.22. The van der Waals surface area contributed by atoms with E-state index in [9.17, 15) is 4.79 Å².